The van der Waals surface area contributed by atoms with Crippen molar-refractivity contribution in [2.75, 3.05) is 13.7 Å². The first-order chi connectivity index (χ1) is 12.1. The Morgan fingerprint density at radius 2 is 1.92 bits per heavy atom. The molecule has 0 spiro atoms. The van der Waals surface area contributed by atoms with E-state index in [1.807, 2.05) is 0 Å². The molecule has 0 radical (unpaired) electrons. The molecule has 1 saturated carbocycles. The molecule has 4 nitrogen and oxygen atoms in total. The Bertz CT molecular complexity index is 646. The number of ketones is 1. The topological polar surface area (TPSA) is 55.4 Å². The minimum atomic E-state index is -0.577. The predicted octanol–water partition coefficient (Wildman–Crippen LogP) is 3.70. The van der Waals surface area contributed by atoms with Crippen LogP contribution in [0.15, 0.2) is 18.2 Å². The second kappa shape index (κ2) is 9.47. The molecule has 26 heavy (non-hydrogen) atoms. The Kier molecular flexibility index (Phi) is 7.59. The van der Waals surface area contributed by atoms with Crippen molar-refractivity contribution >= 4 is 24.2 Å². The molecule has 1 heterocycles. The summed E-state index contributed by atoms with van der Waals surface area (Å²) in [6.45, 7) is 0.862. The Morgan fingerprint density at radius 1 is 1.19 bits per heavy atom. The number of esters is 1. The van der Waals surface area contributed by atoms with Gasteiger partial charge in [-0.15, -0.1) is 12.4 Å². The van der Waals surface area contributed by atoms with Crippen molar-refractivity contribution in [1.29, 1.82) is 0 Å². The van der Waals surface area contributed by atoms with Crippen LogP contribution in [0.3, 0.4) is 0 Å². The number of carbonyl (C=O) groups is 2. The first-order valence-corrected chi connectivity index (χ1v) is 9.23. The first-order valence-electron chi connectivity index (χ1n) is 9.23. The van der Waals surface area contributed by atoms with Gasteiger partial charge >= 0.3 is 5.97 Å². The third-order valence-corrected chi connectivity index (χ3v) is 5.71. The second-order valence-electron chi connectivity index (χ2n) is 7.22. The molecule has 1 aliphatic carbocycles. The van der Waals surface area contributed by atoms with E-state index in [1.165, 1.54) is 51.3 Å². The molecule has 2 aliphatic rings. The molecule has 3 rings (SSSR count). The standard InChI is InChI=1S/C20H26FNO3.ClH/c1-25-20(24)15-8-7-14(17(21)11-15)12-18(23)19-16(9-10-22-19)13-5-3-2-4-6-13;/h7-8,11,13,16,19,22H,2-6,9-10,12H2,1H3;1H/t16-,19-;/m0./s1. The van der Waals surface area contributed by atoms with Crippen molar-refractivity contribution in [3.05, 3.63) is 35.1 Å². The second-order valence-corrected chi connectivity index (χ2v) is 7.22. The normalized spacial score (nSPS) is 23.3. The molecule has 0 aromatic heterocycles. The van der Waals surface area contributed by atoms with Crippen molar-refractivity contribution in [2.24, 2.45) is 11.8 Å². The number of rotatable bonds is 5. The van der Waals surface area contributed by atoms with Crippen LogP contribution in [0.4, 0.5) is 4.39 Å². The van der Waals surface area contributed by atoms with Crippen LogP contribution >= 0.6 is 12.4 Å². The summed E-state index contributed by atoms with van der Waals surface area (Å²) in [5.41, 5.74) is 0.504. The number of nitrogens with one attached hydrogen (secondary N) is 1. The summed E-state index contributed by atoms with van der Waals surface area (Å²) in [6.07, 6.45) is 7.32. The van der Waals surface area contributed by atoms with Gasteiger partial charge in [-0.05, 0) is 42.5 Å². The summed E-state index contributed by atoms with van der Waals surface area (Å²) < 4.78 is 18.9. The van der Waals surface area contributed by atoms with E-state index in [0.29, 0.717) is 17.4 Å². The van der Waals surface area contributed by atoms with Gasteiger partial charge in [-0.1, -0.05) is 38.2 Å². The average Bonchev–Trinajstić information content (AvgIpc) is 3.13. The van der Waals surface area contributed by atoms with Gasteiger partial charge in [0.1, 0.15) is 5.82 Å². The largest absolute Gasteiger partial charge is 0.465 e. The maximum atomic E-state index is 14.3. The molecule has 2 fully saturated rings. The summed E-state index contributed by atoms with van der Waals surface area (Å²) in [7, 11) is 1.26. The summed E-state index contributed by atoms with van der Waals surface area (Å²) in [5, 5.41) is 3.34. The van der Waals surface area contributed by atoms with E-state index in [0.717, 1.165) is 19.0 Å². The molecular formula is C20H27ClFNO3. The number of methoxy groups -OCH3 is 1. The first kappa shape index (κ1) is 20.8. The van der Waals surface area contributed by atoms with E-state index in [4.69, 9.17) is 0 Å². The lowest BCUT2D eigenvalue weighted by Crippen LogP contribution is -2.40. The van der Waals surface area contributed by atoms with Crippen LogP contribution in [0.1, 0.15) is 54.4 Å². The lowest BCUT2D eigenvalue weighted by atomic mass is 9.75. The number of ether oxygens (including phenoxy) is 1. The van der Waals surface area contributed by atoms with Crippen LogP contribution in [0.5, 0.6) is 0 Å². The lowest BCUT2D eigenvalue weighted by molar-refractivity contribution is -0.121. The van der Waals surface area contributed by atoms with Gasteiger partial charge < -0.3 is 10.1 Å². The molecular weight excluding hydrogens is 357 g/mol. The molecule has 2 atom stereocenters. The SMILES string of the molecule is COC(=O)c1ccc(CC(=O)[C@H]2NCC[C@H]2C2CCCCC2)c(F)c1.Cl. The van der Waals surface area contributed by atoms with Gasteiger partial charge in [0.2, 0.25) is 0 Å². The van der Waals surface area contributed by atoms with E-state index in [2.05, 4.69) is 10.1 Å². The molecule has 6 heteroatoms. The van der Waals surface area contributed by atoms with Crippen LogP contribution in [0.25, 0.3) is 0 Å². The number of halogens is 2. The fraction of sp³-hybridized carbons (Fsp3) is 0.600. The lowest BCUT2D eigenvalue weighted by Gasteiger charge is -2.30. The third-order valence-electron chi connectivity index (χ3n) is 5.71. The average molecular weight is 384 g/mol. The molecule has 1 N–H and O–H groups in total. The highest BCUT2D eigenvalue weighted by atomic mass is 35.5. The summed E-state index contributed by atoms with van der Waals surface area (Å²) in [5.74, 6) is -0.0534. The molecule has 1 aromatic rings. The maximum absolute atomic E-state index is 14.3. The van der Waals surface area contributed by atoms with Crippen molar-refractivity contribution in [1.82, 2.24) is 5.32 Å². The minimum absolute atomic E-state index is 0. The zero-order valence-electron chi connectivity index (χ0n) is 15.1. The van der Waals surface area contributed by atoms with Crippen molar-refractivity contribution < 1.29 is 18.7 Å². The Hall–Kier alpha value is -1.46. The number of hydrogen-bond acceptors (Lipinski definition) is 4. The number of carbonyl (C=O) groups excluding carboxylic acids is 2. The molecule has 1 aromatic carbocycles. The Labute approximate surface area is 160 Å². The minimum Gasteiger partial charge on any atom is -0.465 e. The van der Waals surface area contributed by atoms with Crippen LogP contribution in [0.2, 0.25) is 0 Å². The van der Waals surface area contributed by atoms with Crippen LogP contribution in [-0.2, 0) is 16.0 Å². The van der Waals surface area contributed by atoms with Gasteiger partial charge in [0.25, 0.3) is 0 Å². The maximum Gasteiger partial charge on any atom is 0.337 e. The van der Waals surface area contributed by atoms with Crippen LogP contribution in [0, 0.1) is 17.7 Å². The molecule has 144 valence electrons. The van der Waals surface area contributed by atoms with Gasteiger partial charge in [0.15, 0.2) is 5.78 Å². The number of Topliss-reactive ketones (excluding diaryl/α,β-unsaturated/α-hetero) is 1. The summed E-state index contributed by atoms with van der Waals surface area (Å²) >= 11 is 0. The van der Waals surface area contributed by atoms with Crippen LogP contribution in [-0.4, -0.2) is 31.4 Å². The van der Waals surface area contributed by atoms with Gasteiger partial charge in [-0.3, -0.25) is 4.79 Å². The predicted molar refractivity (Wildman–Crippen MR) is 100 cm³/mol. The highest BCUT2D eigenvalue weighted by Crippen LogP contribution is 2.36. The van der Waals surface area contributed by atoms with E-state index in [9.17, 15) is 14.0 Å². The Balaban J connectivity index is 0.00000243. The van der Waals surface area contributed by atoms with E-state index in [-0.39, 0.29) is 36.2 Å². The van der Waals surface area contributed by atoms with Crippen molar-refractivity contribution in [3.8, 4) is 0 Å². The quantitative estimate of drug-likeness (QED) is 0.787. The summed E-state index contributed by atoms with van der Waals surface area (Å²) in [6, 6.07) is 4.01. The highest BCUT2D eigenvalue weighted by molar-refractivity contribution is 5.90. The molecule has 0 bridgehead atoms. The van der Waals surface area contributed by atoms with E-state index >= 15 is 0 Å². The zero-order chi connectivity index (χ0) is 17.8. The molecule has 1 saturated heterocycles. The third kappa shape index (κ3) is 4.63. The van der Waals surface area contributed by atoms with Gasteiger partial charge in [0.05, 0.1) is 18.7 Å². The van der Waals surface area contributed by atoms with Crippen molar-refractivity contribution in [2.45, 2.75) is 51.0 Å². The fourth-order valence-corrected chi connectivity index (χ4v) is 4.38. The summed E-state index contributed by atoms with van der Waals surface area (Å²) in [4.78, 5) is 24.2. The monoisotopic (exact) mass is 383 g/mol. The number of hydrogen-bond donors (Lipinski definition) is 1. The molecule has 1 aliphatic heterocycles. The van der Waals surface area contributed by atoms with Crippen LogP contribution < -0.4 is 5.32 Å². The van der Waals surface area contributed by atoms with Crippen molar-refractivity contribution in [3.63, 3.8) is 0 Å². The number of benzene rings is 1. The van der Waals surface area contributed by atoms with E-state index in [1.54, 1.807) is 0 Å². The molecule has 0 amide bonds. The zero-order valence-corrected chi connectivity index (χ0v) is 15.9. The Morgan fingerprint density at radius 3 is 2.58 bits per heavy atom. The van der Waals surface area contributed by atoms with Gasteiger partial charge in [-0.25, -0.2) is 9.18 Å². The van der Waals surface area contributed by atoms with E-state index < -0.39 is 11.8 Å². The van der Waals surface area contributed by atoms with Gasteiger partial charge in [0, 0.05) is 6.42 Å². The smallest absolute Gasteiger partial charge is 0.337 e. The van der Waals surface area contributed by atoms with Gasteiger partial charge in [-0.2, -0.15) is 0 Å². The highest BCUT2D eigenvalue weighted by Gasteiger charge is 2.37. The molecule has 0 unspecified atom stereocenters. The fourth-order valence-electron chi connectivity index (χ4n) is 4.38.